The van der Waals surface area contributed by atoms with Crippen molar-refractivity contribution in [3.05, 3.63) is 29.8 Å². The maximum absolute atomic E-state index is 13.5. The predicted molar refractivity (Wildman–Crippen MR) is 57.0 cm³/mol. The Bertz CT molecular complexity index is 351. The van der Waals surface area contributed by atoms with Gasteiger partial charge in [0.1, 0.15) is 11.6 Å². The van der Waals surface area contributed by atoms with Crippen molar-refractivity contribution in [3.8, 4) is 0 Å². The van der Waals surface area contributed by atoms with Gasteiger partial charge < -0.3 is 4.90 Å². The Hall–Kier alpha value is -1.12. The number of rotatable bonds is 1. The van der Waals surface area contributed by atoms with Crippen LogP contribution in [-0.2, 0) is 0 Å². The van der Waals surface area contributed by atoms with Crippen LogP contribution in [0.1, 0.15) is 19.8 Å². The van der Waals surface area contributed by atoms with Gasteiger partial charge in [-0.25, -0.2) is 8.78 Å². The molecule has 0 aromatic heterocycles. The minimum atomic E-state index is -0.371. The molecule has 3 heteroatoms. The van der Waals surface area contributed by atoms with Crippen LogP contribution in [0.2, 0.25) is 0 Å². The van der Waals surface area contributed by atoms with Gasteiger partial charge in [-0.1, -0.05) is 6.92 Å². The van der Waals surface area contributed by atoms with Crippen LogP contribution in [0.5, 0.6) is 0 Å². The van der Waals surface area contributed by atoms with Gasteiger partial charge in [0.25, 0.3) is 0 Å². The van der Waals surface area contributed by atoms with E-state index < -0.39 is 0 Å². The van der Waals surface area contributed by atoms with Crippen LogP contribution in [0.15, 0.2) is 18.2 Å². The van der Waals surface area contributed by atoms with Crippen LogP contribution < -0.4 is 4.90 Å². The molecule has 1 aromatic rings. The zero-order valence-corrected chi connectivity index (χ0v) is 8.84. The standard InChI is InChI=1S/C12H15F2N/c1-9-3-2-6-15(8-9)12-7-10(13)4-5-11(12)14/h4-5,7,9H,2-3,6,8H2,1H3. The molecule has 15 heavy (non-hydrogen) atoms. The Morgan fingerprint density at radius 1 is 1.33 bits per heavy atom. The number of halogens is 2. The highest BCUT2D eigenvalue weighted by atomic mass is 19.1. The molecule has 1 nitrogen and oxygen atoms in total. The Morgan fingerprint density at radius 3 is 2.87 bits per heavy atom. The van der Waals surface area contributed by atoms with Crippen LogP contribution in [-0.4, -0.2) is 13.1 Å². The lowest BCUT2D eigenvalue weighted by Crippen LogP contribution is -2.34. The Morgan fingerprint density at radius 2 is 2.13 bits per heavy atom. The molecule has 1 aliphatic rings. The number of anilines is 1. The first-order chi connectivity index (χ1) is 7.16. The van der Waals surface area contributed by atoms with Crippen molar-refractivity contribution >= 4 is 5.69 Å². The fourth-order valence-electron chi connectivity index (χ4n) is 2.14. The van der Waals surface area contributed by atoms with Gasteiger partial charge >= 0.3 is 0 Å². The van der Waals surface area contributed by atoms with Crippen molar-refractivity contribution in [1.82, 2.24) is 0 Å². The molecule has 2 rings (SSSR count). The number of hydrogen-bond donors (Lipinski definition) is 0. The van der Waals surface area contributed by atoms with Crippen LogP contribution in [0.3, 0.4) is 0 Å². The maximum Gasteiger partial charge on any atom is 0.146 e. The van der Waals surface area contributed by atoms with E-state index in [0.717, 1.165) is 25.6 Å². The van der Waals surface area contributed by atoms with E-state index in [1.807, 2.05) is 4.90 Å². The molecule has 0 aliphatic carbocycles. The Labute approximate surface area is 88.7 Å². The second-order valence-corrected chi connectivity index (χ2v) is 4.29. The van der Waals surface area contributed by atoms with Crippen LogP contribution in [0, 0.1) is 17.6 Å². The predicted octanol–water partition coefficient (Wildman–Crippen LogP) is 3.20. The molecule has 0 radical (unpaired) electrons. The molecule has 0 saturated carbocycles. The fraction of sp³-hybridized carbons (Fsp3) is 0.500. The summed E-state index contributed by atoms with van der Waals surface area (Å²) in [4.78, 5) is 1.94. The first-order valence-corrected chi connectivity index (χ1v) is 5.37. The monoisotopic (exact) mass is 211 g/mol. The molecule has 1 aromatic carbocycles. The Balaban J connectivity index is 2.24. The highest BCUT2D eigenvalue weighted by Gasteiger charge is 2.19. The van der Waals surface area contributed by atoms with Crippen LogP contribution in [0.4, 0.5) is 14.5 Å². The molecular formula is C12H15F2N. The van der Waals surface area contributed by atoms with Crippen molar-refractivity contribution < 1.29 is 8.78 Å². The summed E-state index contributed by atoms with van der Waals surface area (Å²) in [6.45, 7) is 3.79. The summed E-state index contributed by atoms with van der Waals surface area (Å²) >= 11 is 0. The summed E-state index contributed by atoms with van der Waals surface area (Å²) in [7, 11) is 0. The van der Waals surface area contributed by atoms with Gasteiger partial charge in [-0.05, 0) is 30.9 Å². The van der Waals surface area contributed by atoms with Gasteiger partial charge in [0.05, 0.1) is 5.69 Å². The summed E-state index contributed by atoms with van der Waals surface area (Å²) in [5, 5.41) is 0. The van der Waals surface area contributed by atoms with E-state index in [-0.39, 0.29) is 11.6 Å². The number of nitrogens with zero attached hydrogens (tertiary/aromatic N) is 1. The number of benzene rings is 1. The number of piperidine rings is 1. The molecule has 0 N–H and O–H groups in total. The molecule has 1 aliphatic heterocycles. The molecule has 0 amide bonds. The van der Waals surface area contributed by atoms with E-state index in [1.165, 1.54) is 18.6 Å². The summed E-state index contributed by atoms with van der Waals surface area (Å²) in [6, 6.07) is 3.64. The summed E-state index contributed by atoms with van der Waals surface area (Å²) in [6.07, 6.45) is 2.23. The smallest absolute Gasteiger partial charge is 0.146 e. The SMILES string of the molecule is CC1CCCN(c2cc(F)ccc2F)C1. The van der Waals surface area contributed by atoms with Crippen LogP contribution in [0.25, 0.3) is 0 Å². The van der Waals surface area contributed by atoms with Crippen LogP contribution >= 0.6 is 0 Å². The third-order valence-corrected chi connectivity index (χ3v) is 2.91. The lowest BCUT2D eigenvalue weighted by molar-refractivity contribution is 0.441. The third-order valence-electron chi connectivity index (χ3n) is 2.91. The van der Waals surface area contributed by atoms with Gasteiger partial charge in [0.15, 0.2) is 0 Å². The highest BCUT2D eigenvalue weighted by molar-refractivity contribution is 5.48. The molecule has 1 saturated heterocycles. The molecule has 0 spiro atoms. The summed E-state index contributed by atoms with van der Waals surface area (Å²) < 4.78 is 26.5. The summed E-state index contributed by atoms with van der Waals surface area (Å²) in [5.41, 5.74) is 0.404. The fourth-order valence-corrected chi connectivity index (χ4v) is 2.14. The lowest BCUT2D eigenvalue weighted by atomic mass is 10.00. The van der Waals surface area contributed by atoms with Gasteiger partial charge in [-0.2, -0.15) is 0 Å². The largest absolute Gasteiger partial charge is 0.369 e. The van der Waals surface area contributed by atoms with E-state index >= 15 is 0 Å². The molecule has 1 heterocycles. The quantitative estimate of drug-likeness (QED) is 0.689. The van der Waals surface area contributed by atoms with E-state index in [0.29, 0.717) is 11.6 Å². The van der Waals surface area contributed by atoms with Crippen molar-refractivity contribution in [2.75, 3.05) is 18.0 Å². The van der Waals surface area contributed by atoms with Crippen molar-refractivity contribution in [2.45, 2.75) is 19.8 Å². The molecule has 0 bridgehead atoms. The van der Waals surface area contributed by atoms with E-state index in [4.69, 9.17) is 0 Å². The van der Waals surface area contributed by atoms with Crippen molar-refractivity contribution in [1.29, 1.82) is 0 Å². The van der Waals surface area contributed by atoms with E-state index in [9.17, 15) is 8.78 Å². The topological polar surface area (TPSA) is 3.24 Å². The van der Waals surface area contributed by atoms with Gasteiger partial charge in [-0.15, -0.1) is 0 Å². The molecule has 1 unspecified atom stereocenters. The lowest BCUT2D eigenvalue weighted by Gasteiger charge is -2.32. The van der Waals surface area contributed by atoms with Gasteiger partial charge in [-0.3, -0.25) is 0 Å². The second kappa shape index (κ2) is 4.17. The highest BCUT2D eigenvalue weighted by Crippen LogP contribution is 2.25. The van der Waals surface area contributed by atoms with E-state index in [2.05, 4.69) is 6.92 Å². The molecule has 1 fully saturated rings. The minimum Gasteiger partial charge on any atom is -0.369 e. The first-order valence-electron chi connectivity index (χ1n) is 5.37. The number of hydrogen-bond acceptors (Lipinski definition) is 1. The van der Waals surface area contributed by atoms with Gasteiger partial charge in [0.2, 0.25) is 0 Å². The molecule has 82 valence electrons. The van der Waals surface area contributed by atoms with Crippen molar-refractivity contribution in [2.24, 2.45) is 5.92 Å². The normalized spacial score (nSPS) is 21.8. The molecule has 1 atom stereocenters. The molecular weight excluding hydrogens is 196 g/mol. The average Bonchev–Trinajstić information content (AvgIpc) is 2.22. The average molecular weight is 211 g/mol. The summed E-state index contributed by atoms with van der Waals surface area (Å²) in [5.74, 6) is -0.142. The van der Waals surface area contributed by atoms with Crippen molar-refractivity contribution in [3.63, 3.8) is 0 Å². The third kappa shape index (κ3) is 2.28. The zero-order valence-electron chi connectivity index (χ0n) is 8.84. The second-order valence-electron chi connectivity index (χ2n) is 4.29. The van der Waals surface area contributed by atoms with E-state index in [1.54, 1.807) is 0 Å². The Kier molecular flexibility index (Phi) is 2.89. The maximum atomic E-state index is 13.5. The van der Waals surface area contributed by atoms with Gasteiger partial charge in [0, 0.05) is 19.2 Å². The zero-order chi connectivity index (χ0) is 10.8. The first kappa shape index (κ1) is 10.4. The minimum absolute atomic E-state index is 0.328.